The molecule has 0 bridgehead atoms. The van der Waals surface area contributed by atoms with E-state index >= 15 is 0 Å². The maximum Gasteiger partial charge on any atom is 0.306 e. The van der Waals surface area contributed by atoms with Crippen molar-refractivity contribution in [3.63, 3.8) is 0 Å². The number of carboxylic acids is 1. The molecule has 0 saturated carbocycles. The zero-order valence-electron chi connectivity index (χ0n) is 16.3. The van der Waals surface area contributed by atoms with E-state index in [2.05, 4.69) is 0 Å². The number of benzene rings is 1. The first-order chi connectivity index (χ1) is 12.9. The zero-order valence-corrected chi connectivity index (χ0v) is 16.3. The number of carbonyl (C=O) groups excluding carboxylic acids is 1. The van der Waals surface area contributed by atoms with E-state index in [9.17, 15) is 24.9 Å². The van der Waals surface area contributed by atoms with E-state index in [1.165, 1.54) is 6.07 Å². The molecule has 2 atom stereocenters. The van der Waals surface area contributed by atoms with Crippen LogP contribution in [-0.4, -0.2) is 39.8 Å². The Morgan fingerprint density at radius 3 is 2.56 bits per heavy atom. The molecule has 0 aliphatic carbocycles. The van der Waals surface area contributed by atoms with Gasteiger partial charge in [0.25, 0.3) is 0 Å². The lowest BCUT2D eigenvalue weighted by molar-refractivity contribution is -0.144. The van der Waals surface area contributed by atoms with Crippen LogP contribution in [0.4, 0.5) is 0 Å². The van der Waals surface area contributed by atoms with Gasteiger partial charge in [0.1, 0.15) is 11.5 Å². The molecule has 0 radical (unpaired) electrons. The van der Waals surface area contributed by atoms with Crippen molar-refractivity contribution in [2.45, 2.75) is 71.5 Å². The minimum Gasteiger partial charge on any atom is -0.508 e. The molecule has 0 amide bonds. The summed E-state index contributed by atoms with van der Waals surface area (Å²) in [4.78, 5) is 23.8. The van der Waals surface area contributed by atoms with Crippen LogP contribution in [0.1, 0.15) is 63.5 Å². The number of ketones is 1. The third-order valence-corrected chi connectivity index (χ3v) is 4.67. The number of Topliss-reactive ketones (excluding diaryl/α,β-unsaturated/α-hetero) is 1. The summed E-state index contributed by atoms with van der Waals surface area (Å²) in [6.07, 6.45) is 3.36. The van der Waals surface area contributed by atoms with Gasteiger partial charge in [-0.3, -0.25) is 9.59 Å². The smallest absolute Gasteiger partial charge is 0.306 e. The van der Waals surface area contributed by atoms with Gasteiger partial charge in [-0.05, 0) is 43.9 Å². The molecule has 0 aliphatic heterocycles. The fraction of sp³-hybridized carbons (Fsp3) is 0.619. The van der Waals surface area contributed by atoms with Gasteiger partial charge in [0.2, 0.25) is 0 Å². The number of phenols is 1. The van der Waals surface area contributed by atoms with E-state index in [0.29, 0.717) is 37.9 Å². The topological polar surface area (TPSA) is 104 Å². The second-order valence-corrected chi connectivity index (χ2v) is 6.85. The molecule has 2 unspecified atom stereocenters. The van der Waals surface area contributed by atoms with E-state index < -0.39 is 11.9 Å². The number of aromatic hydroxyl groups is 1. The molecule has 0 heterocycles. The maximum absolute atomic E-state index is 12.4. The summed E-state index contributed by atoms with van der Waals surface area (Å²) in [5, 5.41) is 28.2. The van der Waals surface area contributed by atoms with Crippen molar-refractivity contribution in [1.29, 1.82) is 0 Å². The summed E-state index contributed by atoms with van der Waals surface area (Å²) in [5.74, 6) is -1.26. The molecule has 1 aromatic carbocycles. The molecule has 152 valence electrons. The van der Waals surface area contributed by atoms with Crippen LogP contribution >= 0.6 is 0 Å². The molecule has 0 fully saturated rings. The van der Waals surface area contributed by atoms with Crippen molar-refractivity contribution >= 4 is 11.8 Å². The van der Waals surface area contributed by atoms with Crippen molar-refractivity contribution < 1.29 is 29.6 Å². The number of carboxylic acid groups (broad SMARTS) is 1. The fourth-order valence-corrected chi connectivity index (χ4v) is 3.12. The summed E-state index contributed by atoms with van der Waals surface area (Å²) < 4.78 is 5.63. The Morgan fingerprint density at radius 2 is 1.96 bits per heavy atom. The highest BCUT2D eigenvalue weighted by Crippen LogP contribution is 2.22. The van der Waals surface area contributed by atoms with Crippen LogP contribution in [0, 0.1) is 5.92 Å². The van der Waals surface area contributed by atoms with Gasteiger partial charge in [0.15, 0.2) is 0 Å². The van der Waals surface area contributed by atoms with Gasteiger partial charge >= 0.3 is 5.97 Å². The van der Waals surface area contributed by atoms with Crippen LogP contribution in [0.5, 0.6) is 5.75 Å². The second-order valence-electron chi connectivity index (χ2n) is 6.85. The predicted octanol–water partition coefficient (Wildman–Crippen LogP) is 3.46. The average Bonchev–Trinajstić information content (AvgIpc) is 2.64. The number of unbranched alkanes of at least 4 members (excludes halogenated alkanes) is 1. The normalized spacial score (nSPS) is 13.3. The van der Waals surface area contributed by atoms with Crippen LogP contribution in [0.15, 0.2) is 18.2 Å². The molecule has 3 N–H and O–H groups in total. The first-order valence-electron chi connectivity index (χ1n) is 9.68. The minimum absolute atomic E-state index is 0.0201. The zero-order chi connectivity index (χ0) is 20.2. The van der Waals surface area contributed by atoms with Crippen molar-refractivity contribution in [3.8, 4) is 5.75 Å². The fourth-order valence-electron chi connectivity index (χ4n) is 3.12. The van der Waals surface area contributed by atoms with Crippen molar-refractivity contribution in [2.75, 3.05) is 6.61 Å². The van der Waals surface area contributed by atoms with Crippen molar-refractivity contribution in [1.82, 2.24) is 0 Å². The third kappa shape index (κ3) is 8.54. The lowest BCUT2D eigenvalue weighted by Crippen LogP contribution is -2.25. The van der Waals surface area contributed by atoms with Gasteiger partial charge in [0.05, 0.1) is 18.6 Å². The summed E-state index contributed by atoms with van der Waals surface area (Å²) in [6.45, 7) is 4.05. The Labute approximate surface area is 161 Å². The van der Waals surface area contributed by atoms with Crippen LogP contribution in [-0.2, 0) is 27.4 Å². The molecular formula is C21H32O6. The molecule has 6 nitrogen and oxygen atoms in total. The first-order valence-corrected chi connectivity index (χ1v) is 9.68. The van der Waals surface area contributed by atoms with E-state index in [1.54, 1.807) is 12.1 Å². The van der Waals surface area contributed by atoms with Crippen LogP contribution in [0.2, 0.25) is 0 Å². The number of aliphatic carboxylic acids is 1. The van der Waals surface area contributed by atoms with Gasteiger partial charge in [0, 0.05) is 25.0 Å². The van der Waals surface area contributed by atoms with Gasteiger partial charge in [-0.2, -0.15) is 0 Å². The molecule has 0 aliphatic rings. The molecule has 6 heteroatoms. The van der Waals surface area contributed by atoms with Gasteiger partial charge < -0.3 is 20.1 Å². The molecule has 1 aromatic rings. The lowest BCUT2D eigenvalue weighted by atomic mass is 9.92. The molecule has 0 saturated heterocycles. The lowest BCUT2D eigenvalue weighted by Gasteiger charge is -2.20. The minimum atomic E-state index is -0.832. The van der Waals surface area contributed by atoms with Crippen molar-refractivity contribution in [3.05, 3.63) is 29.3 Å². The number of rotatable bonds is 14. The number of ether oxygens (including phenoxy) is 1. The van der Waals surface area contributed by atoms with E-state index in [0.717, 1.165) is 18.4 Å². The Morgan fingerprint density at radius 1 is 1.22 bits per heavy atom. The number of aliphatic hydroxyl groups excluding tert-OH is 1. The number of hydrogen-bond donors (Lipinski definition) is 3. The second kappa shape index (κ2) is 12.5. The Hall–Kier alpha value is -1.92. The van der Waals surface area contributed by atoms with Crippen LogP contribution in [0.3, 0.4) is 0 Å². The Kier molecular flexibility index (Phi) is 10.7. The predicted molar refractivity (Wildman–Crippen MR) is 103 cm³/mol. The molecule has 0 spiro atoms. The largest absolute Gasteiger partial charge is 0.508 e. The van der Waals surface area contributed by atoms with Crippen molar-refractivity contribution in [2.24, 2.45) is 5.92 Å². The first kappa shape index (κ1) is 23.1. The number of aryl methyl sites for hydroxylation is 1. The SMILES string of the molecule is CCCCC(CC(CC(=O)CCc1ccc(O)c(CO)c1)OCC)C(=O)O. The highest BCUT2D eigenvalue weighted by atomic mass is 16.5. The highest BCUT2D eigenvalue weighted by Gasteiger charge is 2.24. The standard InChI is InChI=1S/C21H32O6/c1-3-5-6-16(21(25)26)12-19(27-4-2)13-18(23)9-7-15-8-10-20(24)17(11-15)14-22/h8,10-11,16,19,22,24H,3-7,9,12-14H2,1-2H3,(H,25,26). The average molecular weight is 380 g/mol. The monoisotopic (exact) mass is 380 g/mol. The van der Waals surface area contributed by atoms with Gasteiger partial charge in [-0.15, -0.1) is 0 Å². The number of aliphatic hydroxyl groups is 1. The quantitative estimate of drug-likeness (QED) is 0.457. The van der Waals surface area contributed by atoms with E-state index in [4.69, 9.17) is 4.74 Å². The Balaban J connectivity index is 2.60. The molecular weight excluding hydrogens is 348 g/mol. The summed E-state index contributed by atoms with van der Waals surface area (Å²) in [5.41, 5.74) is 1.30. The van der Waals surface area contributed by atoms with E-state index in [-0.39, 0.29) is 30.7 Å². The molecule has 1 rings (SSSR count). The van der Waals surface area contributed by atoms with Gasteiger partial charge in [-0.1, -0.05) is 25.8 Å². The number of carbonyl (C=O) groups is 2. The summed E-state index contributed by atoms with van der Waals surface area (Å²) >= 11 is 0. The maximum atomic E-state index is 12.4. The summed E-state index contributed by atoms with van der Waals surface area (Å²) in [7, 11) is 0. The number of hydrogen-bond acceptors (Lipinski definition) is 5. The highest BCUT2D eigenvalue weighted by molar-refractivity contribution is 5.79. The third-order valence-electron chi connectivity index (χ3n) is 4.67. The summed E-state index contributed by atoms with van der Waals surface area (Å²) in [6, 6.07) is 4.93. The Bertz CT molecular complexity index is 598. The molecule has 27 heavy (non-hydrogen) atoms. The van der Waals surface area contributed by atoms with E-state index in [1.807, 2.05) is 13.8 Å². The van der Waals surface area contributed by atoms with Crippen LogP contribution < -0.4 is 0 Å². The molecule has 0 aromatic heterocycles. The van der Waals surface area contributed by atoms with Gasteiger partial charge in [-0.25, -0.2) is 0 Å². The van der Waals surface area contributed by atoms with Crippen LogP contribution in [0.25, 0.3) is 0 Å².